The van der Waals surface area contributed by atoms with E-state index < -0.39 is 0 Å². The maximum absolute atomic E-state index is 11.9. The number of nitrogens with zero attached hydrogens (tertiary/aromatic N) is 2. The van der Waals surface area contributed by atoms with Gasteiger partial charge < -0.3 is 16.0 Å². The molecule has 2 aromatic rings. The molecule has 1 aromatic heterocycles. The number of guanidine groups is 1. The molecule has 0 aliphatic rings. The number of rotatable bonds is 11. The van der Waals surface area contributed by atoms with Gasteiger partial charge in [0.1, 0.15) is 0 Å². The summed E-state index contributed by atoms with van der Waals surface area (Å²) in [7, 11) is 3.94. The van der Waals surface area contributed by atoms with Gasteiger partial charge in [0.05, 0.1) is 4.88 Å². The fourth-order valence-electron chi connectivity index (χ4n) is 2.86. The summed E-state index contributed by atoms with van der Waals surface area (Å²) in [5.41, 5.74) is 1.33. The van der Waals surface area contributed by atoms with Crippen LogP contribution in [-0.4, -0.2) is 56.5 Å². The number of thiophene rings is 1. The molecule has 0 saturated heterocycles. The average molecular weight is 544 g/mol. The van der Waals surface area contributed by atoms with Gasteiger partial charge in [0.25, 0.3) is 5.91 Å². The fourth-order valence-corrected chi connectivity index (χ4v) is 3.50. The number of carbonyl (C=O) groups is 1. The molecule has 1 aromatic carbocycles. The van der Waals surface area contributed by atoms with Crippen molar-refractivity contribution in [2.75, 3.05) is 33.7 Å². The quantitative estimate of drug-likeness (QED) is 0.176. The average Bonchev–Trinajstić information content (AvgIpc) is 3.27. The minimum atomic E-state index is -0.00360. The van der Waals surface area contributed by atoms with E-state index in [0.29, 0.717) is 12.6 Å². The lowest BCUT2D eigenvalue weighted by Crippen LogP contribution is -2.41. The zero-order valence-corrected chi connectivity index (χ0v) is 21.2. The maximum atomic E-state index is 11.9. The molecule has 0 saturated carbocycles. The summed E-state index contributed by atoms with van der Waals surface area (Å²) >= 11 is 1.46. The third-order valence-electron chi connectivity index (χ3n) is 4.78. The van der Waals surface area contributed by atoms with E-state index in [1.54, 1.807) is 7.05 Å². The number of halogens is 1. The van der Waals surface area contributed by atoms with Crippen LogP contribution in [0.25, 0.3) is 0 Å². The lowest BCUT2D eigenvalue weighted by molar-refractivity contribution is 0.0957. The van der Waals surface area contributed by atoms with Crippen molar-refractivity contribution in [3.63, 3.8) is 0 Å². The second-order valence-electron chi connectivity index (χ2n) is 7.05. The third-order valence-corrected chi connectivity index (χ3v) is 5.65. The summed E-state index contributed by atoms with van der Waals surface area (Å²) < 4.78 is 0. The van der Waals surface area contributed by atoms with E-state index in [0.717, 1.165) is 43.3 Å². The van der Waals surface area contributed by atoms with Gasteiger partial charge in [0.2, 0.25) is 0 Å². The summed E-state index contributed by atoms with van der Waals surface area (Å²) in [6.07, 6.45) is 1.87. The molecule has 0 bridgehead atoms. The Morgan fingerprint density at radius 2 is 1.77 bits per heavy atom. The Bertz CT molecular complexity index is 739. The molecule has 8 heteroatoms. The molecule has 0 fully saturated rings. The monoisotopic (exact) mass is 543 g/mol. The first-order valence-corrected chi connectivity index (χ1v) is 11.0. The highest BCUT2D eigenvalue weighted by Gasteiger charge is 2.10. The third kappa shape index (κ3) is 9.90. The van der Waals surface area contributed by atoms with Crippen LogP contribution in [0.15, 0.2) is 52.8 Å². The zero-order chi connectivity index (χ0) is 20.9. The molecule has 3 N–H and O–H groups in total. The van der Waals surface area contributed by atoms with Crippen LogP contribution in [0.2, 0.25) is 0 Å². The van der Waals surface area contributed by atoms with E-state index >= 15 is 0 Å². The van der Waals surface area contributed by atoms with Gasteiger partial charge in [-0.05, 0) is 43.8 Å². The first-order valence-electron chi connectivity index (χ1n) is 10.1. The van der Waals surface area contributed by atoms with Crippen LogP contribution in [0, 0.1) is 0 Å². The van der Waals surface area contributed by atoms with Crippen molar-refractivity contribution in [3.8, 4) is 0 Å². The van der Waals surface area contributed by atoms with Crippen LogP contribution < -0.4 is 16.0 Å². The van der Waals surface area contributed by atoms with Gasteiger partial charge in [-0.25, -0.2) is 0 Å². The molecule has 6 nitrogen and oxygen atoms in total. The minimum Gasteiger partial charge on any atom is -0.356 e. The van der Waals surface area contributed by atoms with E-state index in [9.17, 15) is 4.79 Å². The summed E-state index contributed by atoms with van der Waals surface area (Å²) in [5, 5.41) is 11.5. The fraction of sp³-hybridized carbons (Fsp3) is 0.455. The van der Waals surface area contributed by atoms with Crippen LogP contribution in [0.3, 0.4) is 0 Å². The van der Waals surface area contributed by atoms with Gasteiger partial charge in [-0.2, -0.15) is 0 Å². The number of hydrogen-bond donors (Lipinski definition) is 3. The summed E-state index contributed by atoms with van der Waals surface area (Å²) in [5.74, 6) is 0.795. The first kappa shape index (κ1) is 26.4. The van der Waals surface area contributed by atoms with E-state index in [-0.39, 0.29) is 29.9 Å². The number of aliphatic imine (C=N–C) groups is 1. The van der Waals surface area contributed by atoms with Crippen molar-refractivity contribution in [2.45, 2.75) is 32.4 Å². The van der Waals surface area contributed by atoms with Crippen molar-refractivity contribution >= 4 is 47.2 Å². The summed E-state index contributed by atoms with van der Waals surface area (Å²) in [4.78, 5) is 19.3. The van der Waals surface area contributed by atoms with E-state index in [2.05, 4.69) is 64.1 Å². The predicted molar refractivity (Wildman–Crippen MR) is 138 cm³/mol. The second-order valence-corrected chi connectivity index (χ2v) is 8.00. The van der Waals surface area contributed by atoms with E-state index in [1.165, 1.54) is 16.9 Å². The second kappa shape index (κ2) is 15.2. The zero-order valence-electron chi connectivity index (χ0n) is 18.1. The highest BCUT2D eigenvalue weighted by molar-refractivity contribution is 14.0. The molecule has 2 rings (SSSR count). The van der Waals surface area contributed by atoms with Crippen LogP contribution in [0.4, 0.5) is 0 Å². The van der Waals surface area contributed by atoms with Gasteiger partial charge in [0.15, 0.2) is 5.96 Å². The number of carbonyl (C=O) groups excluding carboxylic acids is 1. The lowest BCUT2D eigenvalue weighted by Gasteiger charge is -2.25. The van der Waals surface area contributed by atoms with Gasteiger partial charge >= 0.3 is 0 Å². The van der Waals surface area contributed by atoms with E-state index in [4.69, 9.17) is 0 Å². The molecule has 0 aliphatic carbocycles. The Morgan fingerprint density at radius 1 is 1.07 bits per heavy atom. The van der Waals surface area contributed by atoms with Crippen LogP contribution >= 0.6 is 35.3 Å². The van der Waals surface area contributed by atoms with Crippen LogP contribution in [0.1, 0.15) is 35.0 Å². The first-order chi connectivity index (χ1) is 14.1. The standard InChI is InChI=1S/C22H33N5OS.HI/c1-18(27(3)17-19-9-5-4-6-10-19)12-15-26-22(23-2)25-14-8-13-24-21(28)20-11-7-16-29-20;/h4-7,9-11,16,18H,8,12-15,17H2,1-3H3,(H,24,28)(H2,23,25,26);1H. The highest BCUT2D eigenvalue weighted by Crippen LogP contribution is 2.08. The molecular formula is C22H34IN5OS. The Morgan fingerprint density at radius 3 is 2.43 bits per heavy atom. The van der Waals surface area contributed by atoms with Crippen LogP contribution in [-0.2, 0) is 6.54 Å². The Balaban J connectivity index is 0.00000450. The van der Waals surface area contributed by atoms with Gasteiger partial charge in [-0.3, -0.25) is 14.7 Å². The molecule has 1 atom stereocenters. The van der Waals surface area contributed by atoms with Gasteiger partial charge in [0, 0.05) is 39.3 Å². The SMILES string of the molecule is CN=C(NCCCNC(=O)c1cccs1)NCCC(C)N(C)Cc1ccccc1.I. The van der Waals surface area contributed by atoms with Gasteiger partial charge in [-0.1, -0.05) is 36.4 Å². The molecule has 0 spiro atoms. The molecule has 0 aliphatic heterocycles. The molecular weight excluding hydrogens is 509 g/mol. The number of hydrogen-bond acceptors (Lipinski definition) is 4. The maximum Gasteiger partial charge on any atom is 0.261 e. The van der Waals surface area contributed by atoms with Crippen LogP contribution in [0.5, 0.6) is 0 Å². The molecule has 1 unspecified atom stereocenters. The topological polar surface area (TPSA) is 68.8 Å². The van der Waals surface area contributed by atoms with Crippen molar-refractivity contribution in [1.29, 1.82) is 0 Å². The largest absolute Gasteiger partial charge is 0.356 e. The van der Waals surface area contributed by atoms with Crippen molar-refractivity contribution in [3.05, 3.63) is 58.3 Å². The molecule has 166 valence electrons. The summed E-state index contributed by atoms with van der Waals surface area (Å²) in [6.45, 7) is 5.45. The van der Waals surface area contributed by atoms with Crippen molar-refractivity contribution in [2.24, 2.45) is 4.99 Å². The normalized spacial score (nSPS) is 12.2. The van der Waals surface area contributed by atoms with E-state index in [1.807, 2.05) is 23.6 Å². The highest BCUT2D eigenvalue weighted by atomic mass is 127. The minimum absolute atomic E-state index is 0. The molecule has 1 amide bonds. The molecule has 0 radical (unpaired) electrons. The number of benzene rings is 1. The number of nitrogens with one attached hydrogen (secondary N) is 3. The van der Waals surface area contributed by atoms with Crippen molar-refractivity contribution < 1.29 is 4.79 Å². The van der Waals surface area contributed by atoms with Crippen molar-refractivity contribution in [1.82, 2.24) is 20.9 Å². The lowest BCUT2D eigenvalue weighted by atomic mass is 10.1. The molecule has 1 heterocycles. The predicted octanol–water partition coefficient (Wildman–Crippen LogP) is 3.56. The van der Waals surface area contributed by atoms with Gasteiger partial charge in [-0.15, -0.1) is 35.3 Å². The Kier molecular flexibility index (Phi) is 13.4. The Labute approximate surface area is 201 Å². The molecule has 30 heavy (non-hydrogen) atoms. The summed E-state index contributed by atoms with van der Waals surface area (Å²) in [6, 6.07) is 14.7. The Hall–Kier alpha value is -1.65. The smallest absolute Gasteiger partial charge is 0.261 e. The number of amides is 1.